The van der Waals surface area contributed by atoms with Gasteiger partial charge < -0.3 is 11.1 Å². The highest BCUT2D eigenvalue weighted by molar-refractivity contribution is 7.98. The van der Waals surface area contributed by atoms with E-state index in [9.17, 15) is 4.79 Å². The van der Waals surface area contributed by atoms with E-state index in [0.29, 0.717) is 12.1 Å². The zero-order chi connectivity index (χ0) is 15.9. The molecule has 0 radical (unpaired) electrons. The van der Waals surface area contributed by atoms with Gasteiger partial charge in [0.1, 0.15) is 5.69 Å². The summed E-state index contributed by atoms with van der Waals surface area (Å²) in [5.41, 5.74) is 7.49. The van der Waals surface area contributed by atoms with Crippen molar-refractivity contribution >= 4 is 30.1 Å². The summed E-state index contributed by atoms with van der Waals surface area (Å²) in [6.07, 6.45) is 4.47. The molecule has 0 saturated heterocycles. The summed E-state index contributed by atoms with van der Waals surface area (Å²) < 4.78 is 1.69. The van der Waals surface area contributed by atoms with Gasteiger partial charge in [-0.05, 0) is 37.5 Å². The number of nitrogens with one attached hydrogen (secondary N) is 1. The van der Waals surface area contributed by atoms with Crippen LogP contribution in [0.5, 0.6) is 0 Å². The predicted molar refractivity (Wildman–Crippen MR) is 96.1 cm³/mol. The van der Waals surface area contributed by atoms with E-state index in [1.165, 1.54) is 0 Å². The topological polar surface area (TPSA) is 85.8 Å². The monoisotopic (exact) mass is 355 g/mol. The Morgan fingerprint density at radius 2 is 2.09 bits per heavy atom. The fourth-order valence-electron chi connectivity index (χ4n) is 1.95. The van der Waals surface area contributed by atoms with Crippen LogP contribution in [0.15, 0.2) is 36.5 Å². The van der Waals surface area contributed by atoms with Gasteiger partial charge in [-0.3, -0.25) is 4.79 Å². The molecule has 1 unspecified atom stereocenters. The molecular formula is C15H22ClN5OS. The molecule has 0 bridgehead atoms. The zero-order valence-corrected chi connectivity index (χ0v) is 14.8. The Morgan fingerprint density at radius 3 is 2.74 bits per heavy atom. The van der Waals surface area contributed by atoms with Crippen LogP contribution in [0.1, 0.15) is 25.1 Å². The van der Waals surface area contributed by atoms with Gasteiger partial charge in [0.25, 0.3) is 0 Å². The molecule has 0 aliphatic heterocycles. The largest absolute Gasteiger partial charge is 0.347 e. The van der Waals surface area contributed by atoms with Crippen LogP contribution < -0.4 is 11.1 Å². The minimum Gasteiger partial charge on any atom is -0.347 e. The first-order chi connectivity index (χ1) is 10.6. The molecule has 23 heavy (non-hydrogen) atoms. The number of rotatable bonds is 7. The summed E-state index contributed by atoms with van der Waals surface area (Å²) in [4.78, 5) is 12.0. The van der Waals surface area contributed by atoms with Crippen LogP contribution in [-0.4, -0.2) is 39.0 Å². The van der Waals surface area contributed by atoms with Crippen LogP contribution in [0.3, 0.4) is 0 Å². The summed E-state index contributed by atoms with van der Waals surface area (Å²) >= 11 is 1.68. The Balaban J connectivity index is 0.00000264. The summed E-state index contributed by atoms with van der Waals surface area (Å²) in [6, 6.07) is 8.99. The summed E-state index contributed by atoms with van der Waals surface area (Å²) in [5.74, 6) is 0.712. The van der Waals surface area contributed by atoms with Crippen molar-refractivity contribution < 1.29 is 4.79 Å². The molecule has 0 spiro atoms. The van der Waals surface area contributed by atoms with Crippen molar-refractivity contribution in [1.29, 1.82) is 0 Å². The lowest BCUT2D eigenvalue weighted by atomic mass is 10.2. The molecule has 0 aliphatic carbocycles. The fraction of sp³-hybridized carbons (Fsp3) is 0.400. The Labute approximate surface area is 146 Å². The molecule has 126 valence electrons. The number of nitrogens with two attached hydrogens (primary N) is 1. The van der Waals surface area contributed by atoms with Crippen molar-refractivity contribution in [3.8, 4) is 5.69 Å². The second-order valence-corrected chi connectivity index (χ2v) is 6.03. The third-order valence-corrected chi connectivity index (χ3v) is 3.95. The van der Waals surface area contributed by atoms with E-state index in [0.717, 1.165) is 11.4 Å². The van der Waals surface area contributed by atoms with E-state index in [1.54, 1.807) is 16.4 Å². The number of halogens is 1. The first kappa shape index (κ1) is 19.5. The molecule has 1 aromatic heterocycles. The minimum absolute atomic E-state index is 0. The predicted octanol–water partition coefficient (Wildman–Crippen LogP) is 1.95. The normalized spacial score (nSPS) is 13.0. The average Bonchev–Trinajstić information content (AvgIpc) is 3.03. The van der Waals surface area contributed by atoms with Crippen molar-refractivity contribution in [2.75, 3.05) is 12.0 Å². The van der Waals surface area contributed by atoms with E-state index in [1.807, 2.05) is 49.7 Å². The van der Waals surface area contributed by atoms with Crippen LogP contribution in [0, 0.1) is 0 Å². The van der Waals surface area contributed by atoms with Gasteiger partial charge in [-0.15, -0.1) is 17.5 Å². The first-order valence-corrected chi connectivity index (χ1v) is 8.53. The number of carbonyl (C=O) groups excluding carboxylic acids is 1. The highest BCUT2D eigenvalue weighted by atomic mass is 35.5. The molecule has 3 N–H and O–H groups in total. The molecule has 2 rings (SSSR count). The number of aromatic nitrogens is 3. The maximum absolute atomic E-state index is 12.0. The lowest BCUT2D eigenvalue weighted by Crippen LogP contribution is -2.42. The highest BCUT2D eigenvalue weighted by Crippen LogP contribution is 2.12. The van der Waals surface area contributed by atoms with Gasteiger partial charge >= 0.3 is 0 Å². The molecular weight excluding hydrogens is 334 g/mol. The van der Waals surface area contributed by atoms with Crippen LogP contribution in [-0.2, 0) is 4.79 Å². The summed E-state index contributed by atoms with van der Waals surface area (Å²) in [5, 5.41) is 11.1. The van der Waals surface area contributed by atoms with Crippen LogP contribution >= 0.6 is 24.2 Å². The van der Waals surface area contributed by atoms with E-state index in [2.05, 4.69) is 15.6 Å². The summed E-state index contributed by atoms with van der Waals surface area (Å²) in [6.45, 7) is 1.87. The molecule has 0 saturated carbocycles. The number of benzene rings is 1. The number of carbonyl (C=O) groups is 1. The first-order valence-electron chi connectivity index (χ1n) is 7.14. The molecule has 2 aromatic rings. The molecule has 1 heterocycles. The summed E-state index contributed by atoms with van der Waals surface area (Å²) in [7, 11) is 0. The van der Waals surface area contributed by atoms with Gasteiger partial charge in [-0.2, -0.15) is 11.8 Å². The fourth-order valence-corrected chi connectivity index (χ4v) is 2.44. The van der Waals surface area contributed by atoms with Crippen molar-refractivity contribution in [3.05, 3.63) is 42.2 Å². The van der Waals surface area contributed by atoms with Crippen LogP contribution in [0.2, 0.25) is 0 Å². The number of hydrogen-bond donors (Lipinski definition) is 2. The van der Waals surface area contributed by atoms with Gasteiger partial charge in [0.15, 0.2) is 0 Å². The van der Waals surface area contributed by atoms with Crippen molar-refractivity contribution in [1.82, 2.24) is 20.3 Å². The third kappa shape index (κ3) is 5.53. The third-order valence-electron chi connectivity index (χ3n) is 3.30. The van der Waals surface area contributed by atoms with Crippen molar-refractivity contribution in [3.63, 3.8) is 0 Å². The van der Waals surface area contributed by atoms with Gasteiger partial charge in [-0.1, -0.05) is 23.4 Å². The van der Waals surface area contributed by atoms with Gasteiger partial charge in [-0.25, -0.2) is 4.68 Å². The number of thioether (sulfide) groups is 1. The van der Waals surface area contributed by atoms with Gasteiger partial charge in [0.05, 0.1) is 24.0 Å². The van der Waals surface area contributed by atoms with E-state index < -0.39 is 6.04 Å². The maximum atomic E-state index is 12.0. The standard InChI is InChI=1S/C15H21N5OS.ClH/c1-11(17-15(21)13(16)8-9-22-2)14-10-20(19-18-14)12-6-4-3-5-7-12;/h3-7,10-11,13H,8-9,16H2,1-2H3,(H,17,21);1H/t11?,13-;/m0./s1. The molecule has 8 heteroatoms. The molecule has 0 aliphatic rings. The minimum atomic E-state index is -0.487. The Kier molecular flexibility index (Phi) is 8.08. The van der Waals surface area contributed by atoms with Crippen LogP contribution in [0.25, 0.3) is 5.69 Å². The molecule has 6 nitrogen and oxygen atoms in total. The van der Waals surface area contributed by atoms with E-state index >= 15 is 0 Å². The lowest BCUT2D eigenvalue weighted by molar-refractivity contribution is -0.123. The quantitative estimate of drug-likeness (QED) is 0.792. The van der Waals surface area contributed by atoms with Crippen molar-refractivity contribution in [2.45, 2.75) is 25.4 Å². The molecule has 0 fully saturated rings. The maximum Gasteiger partial charge on any atom is 0.237 e. The average molecular weight is 356 g/mol. The van der Waals surface area contributed by atoms with Gasteiger partial charge in [0, 0.05) is 0 Å². The van der Waals surface area contributed by atoms with Crippen molar-refractivity contribution in [2.24, 2.45) is 5.73 Å². The Hall–Kier alpha value is -1.57. The second-order valence-electron chi connectivity index (χ2n) is 5.04. The molecule has 2 atom stereocenters. The molecule has 1 aromatic carbocycles. The Morgan fingerprint density at radius 1 is 1.39 bits per heavy atom. The number of nitrogens with zero attached hydrogens (tertiary/aromatic N) is 3. The zero-order valence-electron chi connectivity index (χ0n) is 13.2. The lowest BCUT2D eigenvalue weighted by Gasteiger charge is -2.15. The van der Waals surface area contributed by atoms with Gasteiger partial charge in [0.2, 0.25) is 5.91 Å². The van der Waals surface area contributed by atoms with E-state index in [-0.39, 0.29) is 24.4 Å². The smallest absolute Gasteiger partial charge is 0.237 e. The highest BCUT2D eigenvalue weighted by Gasteiger charge is 2.18. The second kappa shape index (κ2) is 9.54. The number of hydrogen-bond acceptors (Lipinski definition) is 5. The number of para-hydroxylation sites is 1. The van der Waals surface area contributed by atoms with Crippen LogP contribution in [0.4, 0.5) is 0 Å². The molecule has 1 amide bonds. The SMILES string of the molecule is CSCC[C@H](N)C(=O)NC(C)c1cn(-c2ccccc2)nn1.Cl. The van der Waals surface area contributed by atoms with E-state index in [4.69, 9.17) is 5.73 Å². The Bertz CT molecular complexity index is 607. The number of amides is 1.